The second kappa shape index (κ2) is 8.10. The number of hydrogen-bond donors (Lipinski definition) is 1. The molecule has 0 rings (SSSR count). The van der Waals surface area contributed by atoms with Gasteiger partial charge in [-0.2, -0.15) is 0 Å². The van der Waals surface area contributed by atoms with Crippen molar-refractivity contribution in [1.82, 2.24) is 5.32 Å². The van der Waals surface area contributed by atoms with E-state index in [1.165, 1.54) is 0 Å². The molecule has 0 amide bonds. The Morgan fingerprint density at radius 2 is 2.15 bits per heavy atom. The van der Waals surface area contributed by atoms with Gasteiger partial charge in [-0.15, -0.1) is 12.3 Å². The summed E-state index contributed by atoms with van der Waals surface area (Å²) >= 11 is 0. The summed E-state index contributed by atoms with van der Waals surface area (Å²) in [7, 11) is 1.75. The molecular formula is C11H21NO. The summed E-state index contributed by atoms with van der Waals surface area (Å²) in [4.78, 5) is 0. The van der Waals surface area contributed by atoms with E-state index < -0.39 is 0 Å². The molecule has 0 aliphatic heterocycles. The van der Waals surface area contributed by atoms with E-state index in [9.17, 15) is 0 Å². The van der Waals surface area contributed by atoms with Crippen LogP contribution in [0.2, 0.25) is 0 Å². The Bertz CT molecular complexity index is 151. The largest absolute Gasteiger partial charge is 0.380 e. The van der Waals surface area contributed by atoms with Crippen molar-refractivity contribution in [2.75, 3.05) is 13.7 Å². The Kier molecular flexibility index (Phi) is 7.77. The minimum absolute atomic E-state index is 0.251. The van der Waals surface area contributed by atoms with Gasteiger partial charge in [0.05, 0.1) is 6.10 Å². The third-order valence-electron chi connectivity index (χ3n) is 2.13. The standard InChI is InChI=1S/C11H21NO/c1-5-8-10(12-7-3)11(13-4)9-6-2/h1,10-12H,6-9H2,2-4H3. The average Bonchev–Trinajstić information content (AvgIpc) is 2.14. The first kappa shape index (κ1) is 12.5. The fourth-order valence-electron chi connectivity index (χ4n) is 1.49. The lowest BCUT2D eigenvalue weighted by molar-refractivity contribution is 0.0628. The first-order valence-corrected chi connectivity index (χ1v) is 4.99. The van der Waals surface area contributed by atoms with Gasteiger partial charge in [0.25, 0.3) is 0 Å². The van der Waals surface area contributed by atoms with Crippen molar-refractivity contribution in [2.24, 2.45) is 0 Å². The molecule has 0 saturated carbocycles. The maximum Gasteiger partial charge on any atom is 0.0733 e. The third-order valence-corrected chi connectivity index (χ3v) is 2.13. The van der Waals surface area contributed by atoms with Gasteiger partial charge in [0.2, 0.25) is 0 Å². The van der Waals surface area contributed by atoms with Crippen molar-refractivity contribution in [3.05, 3.63) is 0 Å². The van der Waals surface area contributed by atoms with E-state index in [2.05, 4.69) is 25.1 Å². The van der Waals surface area contributed by atoms with Crippen LogP contribution < -0.4 is 5.32 Å². The normalized spacial score (nSPS) is 14.9. The summed E-state index contributed by atoms with van der Waals surface area (Å²) in [5.74, 6) is 2.68. The molecule has 0 aromatic carbocycles. The molecular weight excluding hydrogens is 162 g/mol. The molecule has 0 spiro atoms. The Labute approximate surface area is 82.1 Å². The van der Waals surface area contributed by atoms with E-state index in [1.807, 2.05) is 0 Å². The Balaban J connectivity index is 4.04. The first-order valence-electron chi connectivity index (χ1n) is 4.99. The number of likely N-dealkylation sites (N-methyl/N-ethyl adjacent to an activating group) is 1. The van der Waals surface area contributed by atoms with Crippen molar-refractivity contribution in [2.45, 2.75) is 45.3 Å². The van der Waals surface area contributed by atoms with Crippen molar-refractivity contribution >= 4 is 0 Å². The lowest BCUT2D eigenvalue weighted by atomic mass is 10.0. The van der Waals surface area contributed by atoms with Crippen LogP contribution in [0.15, 0.2) is 0 Å². The monoisotopic (exact) mass is 183 g/mol. The summed E-state index contributed by atoms with van der Waals surface area (Å²) in [5, 5.41) is 3.35. The predicted molar refractivity (Wildman–Crippen MR) is 56.6 cm³/mol. The van der Waals surface area contributed by atoms with Crippen LogP contribution in [-0.4, -0.2) is 25.8 Å². The maximum atomic E-state index is 5.40. The quantitative estimate of drug-likeness (QED) is 0.608. The van der Waals surface area contributed by atoms with Crippen LogP contribution in [0.25, 0.3) is 0 Å². The number of nitrogens with one attached hydrogen (secondary N) is 1. The number of hydrogen-bond acceptors (Lipinski definition) is 2. The fourth-order valence-corrected chi connectivity index (χ4v) is 1.49. The van der Waals surface area contributed by atoms with E-state index in [4.69, 9.17) is 11.2 Å². The van der Waals surface area contributed by atoms with Crippen LogP contribution in [-0.2, 0) is 4.74 Å². The molecule has 2 heteroatoms. The van der Waals surface area contributed by atoms with Crippen molar-refractivity contribution in [3.63, 3.8) is 0 Å². The van der Waals surface area contributed by atoms with Gasteiger partial charge in [-0.3, -0.25) is 0 Å². The number of rotatable bonds is 7. The Morgan fingerprint density at radius 3 is 2.54 bits per heavy atom. The molecule has 2 nitrogen and oxygen atoms in total. The highest BCUT2D eigenvalue weighted by Crippen LogP contribution is 2.09. The third kappa shape index (κ3) is 4.92. The number of ether oxygens (including phenoxy) is 1. The van der Waals surface area contributed by atoms with E-state index in [0.29, 0.717) is 6.04 Å². The minimum Gasteiger partial charge on any atom is -0.380 e. The molecule has 0 saturated heterocycles. The molecule has 0 radical (unpaired) electrons. The van der Waals surface area contributed by atoms with Crippen molar-refractivity contribution in [3.8, 4) is 12.3 Å². The van der Waals surface area contributed by atoms with E-state index in [0.717, 1.165) is 25.8 Å². The maximum absolute atomic E-state index is 5.40. The molecule has 76 valence electrons. The lowest BCUT2D eigenvalue weighted by Crippen LogP contribution is -2.40. The Morgan fingerprint density at radius 1 is 1.46 bits per heavy atom. The summed E-state index contributed by atoms with van der Waals surface area (Å²) < 4.78 is 5.40. The van der Waals surface area contributed by atoms with Gasteiger partial charge in [-0.1, -0.05) is 20.3 Å². The predicted octanol–water partition coefficient (Wildman–Crippen LogP) is 1.80. The molecule has 0 aromatic heterocycles. The zero-order valence-corrected chi connectivity index (χ0v) is 8.97. The highest BCUT2D eigenvalue weighted by Gasteiger charge is 2.17. The van der Waals surface area contributed by atoms with Gasteiger partial charge in [0.15, 0.2) is 0 Å². The topological polar surface area (TPSA) is 21.3 Å². The van der Waals surface area contributed by atoms with Gasteiger partial charge in [0, 0.05) is 19.6 Å². The molecule has 2 unspecified atom stereocenters. The highest BCUT2D eigenvalue weighted by molar-refractivity contribution is 4.92. The van der Waals surface area contributed by atoms with E-state index in [1.54, 1.807) is 7.11 Å². The van der Waals surface area contributed by atoms with Crippen LogP contribution in [0.3, 0.4) is 0 Å². The molecule has 1 N–H and O–H groups in total. The van der Waals surface area contributed by atoms with Crippen LogP contribution in [0.5, 0.6) is 0 Å². The van der Waals surface area contributed by atoms with Gasteiger partial charge < -0.3 is 10.1 Å². The van der Waals surface area contributed by atoms with Crippen molar-refractivity contribution in [1.29, 1.82) is 0 Å². The van der Waals surface area contributed by atoms with Crippen LogP contribution in [0.1, 0.15) is 33.1 Å². The first-order chi connectivity index (χ1) is 6.29. The summed E-state index contributed by atoms with van der Waals surface area (Å²) in [5.41, 5.74) is 0. The summed E-state index contributed by atoms with van der Waals surface area (Å²) in [6.07, 6.45) is 8.49. The molecule has 13 heavy (non-hydrogen) atoms. The molecule has 0 aromatic rings. The molecule has 2 atom stereocenters. The highest BCUT2D eigenvalue weighted by atomic mass is 16.5. The zero-order chi connectivity index (χ0) is 10.1. The van der Waals surface area contributed by atoms with Gasteiger partial charge in [-0.05, 0) is 13.0 Å². The van der Waals surface area contributed by atoms with Crippen LogP contribution >= 0.6 is 0 Å². The average molecular weight is 183 g/mol. The minimum atomic E-state index is 0.251. The van der Waals surface area contributed by atoms with Gasteiger partial charge in [0.1, 0.15) is 0 Å². The molecule has 0 aliphatic carbocycles. The molecule has 0 aliphatic rings. The summed E-state index contributed by atoms with van der Waals surface area (Å²) in [6, 6.07) is 0.306. The van der Waals surface area contributed by atoms with E-state index >= 15 is 0 Å². The summed E-state index contributed by atoms with van der Waals surface area (Å²) in [6.45, 7) is 5.18. The molecule has 0 bridgehead atoms. The Hall–Kier alpha value is -0.520. The lowest BCUT2D eigenvalue weighted by Gasteiger charge is -2.24. The zero-order valence-electron chi connectivity index (χ0n) is 8.97. The van der Waals surface area contributed by atoms with Crippen LogP contribution in [0.4, 0.5) is 0 Å². The van der Waals surface area contributed by atoms with Crippen LogP contribution in [0, 0.1) is 12.3 Å². The fraction of sp³-hybridized carbons (Fsp3) is 0.818. The second-order valence-corrected chi connectivity index (χ2v) is 3.14. The van der Waals surface area contributed by atoms with Crippen molar-refractivity contribution < 1.29 is 4.74 Å². The molecule has 0 fully saturated rings. The van der Waals surface area contributed by atoms with Gasteiger partial charge >= 0.3 is 0 Å². The van der Waals surface area contributed by atoms with Gasteiger partial charge in [-0.25, -0.2) is 0 Å². The SMILES string of the molecule is C#CCC(NCC)C(CCC)OC. The smallest absolute Gasteiger partial charge is 0.0733 e. The second-order valence-electron chi connectivity index (χ2n) is 3.14. The molecule has 0 heterocycles. The van der Waals surface area contributed by atoms with E-state index in [-0.39, 0.29) is 6.10 Å². The number of terminal acetylenes is 1. The number of methoxy groups -OCH3 is 1.